The summed E-state index contributed by atoms with van der Waals surface area (Å²) in [6.07, 6.45) is 2.90. The molecule has 2 saturated heterocycles. The highest BCUT2D eigenvalue weighted by molar-refractivity contribution is 6.00. The number of ketones is 1. The number of likely N-dealkylation sites (N-methyl/N-ethyl adjacent to an activating group) is 1. The summed E-state index contributed by atoms with van der Waals surface area (Å²) in [6, 6.07) is 6.03. The predicted octanol–water partition coefficient (Wildman–Crippen LogP) is 4.34. The van der Waals surface area contributed by atoms with Crippen LogP contribution in [0, 0.1) is 5.92 Å². The topological polar surface area (TPSA) is 188 Å². The molecule has 3 aliphatic rings. The normalized spacial score (nSPS) is 21.9. The summed E-state index contributed by atoms with van der Waals surface area (Å²) in [4.78, 5) is 41.0. The molecule has 2 aromatic rings. The monoisotopic (exact) mass is 647 g/mol. The van der Waals surface area contributed by atoms with Crippen molar-refractivity contribution < 1.29 is 29.7 Å². The van der Waals surface area contributed by atoms with Gasteiger partial charge in [-0.05, 0) is 98.6 Å². The van der Waals surface area contributed by atoms with Crippen LogP contribution < -0.4 is 16.0 Å². The molecule has 13 heteroatoms. The first-order chi connectivity index (χ1) is 22.5. The van der Waals surface area contributed by atoms with E-state index in [1.54, 1.807) is 12.3 Å². The van der Waals surface area contributed by atoms with E-state index in [9.17, 15) is 29.7 Å². The van der Waals surface area contributed by atoms with Crippen molar-refractivity contribution in [2.45, 2.75) is 76.4 Å². The van der Waals surface area contributed by atoms with Crippen molar-refractivity contribution >= 4 is 24.0 Å². The summed E-state index contributed by atoms with van der Waals surface area (Å²) in [5.41, 5.74) is 2.31. The van der Waals surface area contributed by atoms with E-state index in [4.69, 9.17) is 0 Å². The molecule has 2 amide bonds. The number of benzene rings is 2. The third-order valence-electron chi connectivity index (χ3n) is 9.78. The number of phenols is 2. The van der Waals surface area contributed by atoms with Gasteiger partial charge >= 0.3 is 6.09 Å². The van der Waals surface area contributed by atoms with E-state index in [0.29, 0.717) is 86.1 Å². The Bertz CT molecular complexity index is 1570. The number of carboxylic acid groups (broad SMARTS) is 1. The Labute approximate surface area is 274 Å². The van der Waals surface area contributed by atoms with Crippen molar-refractivity contribution in [1.82, 2.24) is 20.9 Å². The number of amides is 2. The van der Waals surface area contributed by atoms with Gasteiger partial charge in [0, 0.05) is 48.3 Å². The first-order valence-corrected chi connectivity index (χ1v) is 16.4. The van der Waals surface area contributed by atoms with Crippen LogP contribution in [0.25, 0.3) is 11.1 Å². The zero-order chi connectivity index (χ0) is 33.9. The Hall–Kier alpha value is -4.36. The quantitative estimate of drug-likeness (QED) is 0.220. The van der Waals surface area contributed by atoms with E-state index in [1.807, 2.05) is 32.9 Å². The molecule has 3 atom stereocenters. The molecule has 0 aromatic heterocycles. The number of carbonyl (C=O) groups excluding carboxylic acids is 2. The fourth-order valence-electron chi connectivity index (χ4n) is 7.26. The molecule has 13 nitrogen and oxygen atoms in total. The van der Waals surface area contributed by atoms with Gasteiger partial charge in [-0.3, -0.25) is 14.5 Å². The number of hydrogen-bond donors (Lipinski definition) is 6. The third kappa shape index (κ3) is 6.86. The van der Waals surface area contributed by atoms with Gasteiger partial charge in [0.05, 0.1) is 6.21 Å². The maximum absolute atomic E-state index is 14.1. The van der Waals surface area contributed by atoms with Crippen LogP contribution in [0.4, 0.5) is 4.79 Å². The van der Waals surface area contributed by atoms with Gasteiger partial charge in [-0.1, -0.05) is 19.9 Å². The summed E-state index contributed by atoms with van der Waals surface area (Å²) >= 11 is 0. The Balaban J connectivity index is 1.55. The molecule has 0 saturated carbocycles. The second-order valence-corrected chi connectivity index (χ2v) is 13.0. The molecule has 252 valence electrons. The lowest BCUT2D eigenvalue weighted by molar-refractivity contribution is -0.136. The summed E-state index contributed by atoms with van der Waals surface area (Å²) < 4.78 is 0. The van der Waals surface area contributed by atoms with Gasteiger partial charge in [0.1, 0.15) is 23.1 Å². The standard InChI is InChI=1S/C34H45N7O6/c1-5-36-32(45)26-14-20(12-22-15-21(6-9-37-22)31(44)34(41(4)33(46)47)7-10-35-11-8-34)13-25(30(26)27-18-38-40-39-27)24-16-23(19(2)3)28(42)17-29(24)43/h13-14,16-19,21-22,27,35,37,42-43H,5-12,15H2,1-4H3,(H,36,45)(H,46,47). The number of nitrogens with one attached hydrogen (secondary N) is 3. The van der Waals surface area contributed by atoms with E-state index in [2.05, 4.69) is 31.4 Å². The largest absolute Gasteiger partial charge is 0.508 e. The van der Waals surface area contributed by atoms with Gasteiger partial charge in [0.2, 0.25) is 0 Å². The number of aromatic hydroxyl groups is 2. The number of phenolic OH excluding ortho intramolecular Hbond substituents is 2. The van der Waals surface area contributed by atoms with Gasteiger partial charge in [-0.15, -0.1) is 5.10 Å². The molecular formula is C34H45N7O6. The van der Waals surface area contributed by atoms with Gasteiger partial charge in [-0.2, -0.15) is 5.11 Å². The molecule has 3 heterocycles. The number of Topliss-reactive ketones (excluding diaryl/α,β-unsaturated/α-hetero) is 1. The van der Waals surface area contributed by atoms with Gasteiger partial charge < -0.3 is 31.3 Å². The van der Waals surface area contributed by atoms with Gasteiger partial charge in [0.15, 0.2) is 5.78 Å². The van der Waals surface area contributed by atoms with Crippen molar-refractivity contribution in [2.75, 3.05) is 33.2 Å². The minimum absolute atomic E-state index is 0.0211. The molecule has 0 spiro atoms. The molecule has 2 aromatic carbocycles. The summed E-state index contributed by atoms with van der Waals surface area (Å²) in [7, 11) is 1.49. The van der Waals surface area contributed by atoms with Gasteiger partial charge in [-0.25, -0.2) is 4.79 Å². The fourth-order valence-corrected chi connectivity index (χ4v) is 7.26. The minimum Gasteiger partial charge on any atom is -0.508 e. The summed E-state index contributed by atoms with van der Waals surface area (Å²) in [6.45, 7) is 7.86. The number of piperidine rings is 2. The number of hydrogen-bond acceptors (Lipinski definition) is 10. The predicted molar refractivity (Wildman–Crippen MR) is 177 cm³/mol. The number of carbonyl (C=O) groups is 3. The van der Waals surface area contributed by atoms with Crippen molar-refractivity contribution in [1.29, 1.82) is 0 Å². The zero-order valence-corrected chi connectivity index (χ0v) is 27.4. The van der Waals surface area contributed by atoms with Crippen LogP contribution in [0.5, 0.6) is 11.5 Å². The maximum atomic E-state index is 14.1. The van der Waals surface area contributed by atoms with Crippen LogP contribution in [0.1, 0.15) is 85.5 Å². The lowest BCUT2D eigenvalue weighted by Crippen LogP contribution is -2.62. The van der Waals surface area contributed by atoms with Crippen LogP contribution in [0.2, 0.25) is 0 Å². The zero-order valence-electron chi connectivity index (χ0n) is 27.4. The Morgan fingerprint density at radius 2 is 1.81 bits per heavy atom. The Kier molecular flexibility index (Phi) is 10.3. The smallest absolute Gasteiger partial charge is 0.407 e. The van der Waals surface area contributed by atoms with E-state index >= 15 is 0 Å². The molecule has 47 heavy (non-hydrogen) atoms. The highest BCUT2D eigenvalue weighted by Crippen LogP contribution is 2.43. The lowest BCUT2D eigenvalue weighted by Gasteiger charge is -2.45. The van der Waals surface area contributed by atoms with Gasteiger partial charge in [0.25, 0.3) is 5.91 Å². The summed E-state index contributed by atoms with van der Waals surface area (Å²) in [5.74, 6) is -0.871. The number of nitrogens with zero attached hydrogens (tertiary/aromatic N) is 4. The van der Waals surface area contributed by atoms with E-state index in [-0.39, 0.29) is 41.1 Å². The first-order valence-electron chi connectivity index (χ1n) is 16.4. The average molecular weight is 648 g/mol. The lowest BCUT2D eigenvalue weighted by atomic mass is 9.73. The number of rotatable bonds is 10. The maximum Gasteiger partial charge on any atom is 0.407 e. The highest BCUT2D eigenvalue weighted by atomic mass is 16.4. The van der Waals surface area contributed by atoms with Crippen molar-refractivity contribution in [3.63, 3.8) is 0 Å². The van der Waals surface area contributed by atoms with Crippen LogP contribution in [-0.4, -0.2) is 89.0 Å². The molecule has 3 aliphatic heterocycles. The van der Waals surface area contributed by atoms with Crippen LogP contribution >= 0.6 is 0 Å². The van der Waals surface area contributed by atoms with Crippen LogP contribution in [0.15, 0.2) is 39.7 Å². The van der Waals surface area contributed by atoms with Crippen molar-refractivity contribution in [3.8, 4) is 22.6 Å². The average Bonchev–Trinajstić information content (AvgIpc) is 3.59. The van der Waals surface area contributed by atoms with E-state index in [0.717, 1.165) is 5.56 Å². The second kappa shape index (κ2) is 14.2. The molecular weight excluding hydrogens is 602 g/mol. The first kappa shape index (κ1) is 34.0. The van der Waals surface area contributed by atoms with Crippen LogP contribution in [0.3, 0.4) is 0 Å². The molecule has 2 fully saturated rings. The Morgan fingerprint density at radius 1 is 1.06 bits per heavy atom. The molecule has 5 rings (SSSR count). The molecule has 6 N–H and O–H groups in total. The van der Waals surface area contributed by atoms with Crippen molar-refractivity contribution in [2.24, 2.45) is 21.4 Å². The van der Waals surface area contributed by atoms with Crippen molar-refractivity contribution in [3.05, 3.63) is 46.5 Å². The van der Waals surface area contributed by atoms with E-state index < -0.39 is 17.7 Å². The summed E-state index contributed by atoms with van der Waals surface area (Å²) in [5, 5.41) is 53.2. The Morgan fingerprint density at radius 3 is 2.45 bits per heavy atom. The minimum atomic E-state index is -1.11. The second-order valence-electron chi connectivity index (χ2n) is 13.0. The fraction of sp³-hybridized carbons (Fsp3) is 0.529. The highest BCUT2D eigenvalue weighted by Gasteiger charge is 2.48. The van der Waals surface area contributed by atoms with Crippen LogP contribution in [-0.2, 0) is 11.2 Å². The third-order valence-corrected chi connectivity index (χ3v) is 9.78. The molecule has 3 unspecified atom stereocenters. The molecule has 0 radical (unpaired) electrons. The van der Waals surface area contributed by atoms with E-state index in [1.165, 1.54) is 18.0 Å². The SMILES string of the molecule is CCNC(=O)c1cc(CC2CC(C(=O)C3(N(C)C(=O)O)CCNCC3)CCN2)cc(-c2cc(C(C)C)c(O)cc2O)c1C1C=NN=N1. The molecule has 0 bridgehead atoms. The molecule has 0 aliphatic carbocycles.